The number of aromatic nitrogens is 3. The molecule has 1 aromatic heterocycles. The number of aliphatic hydroxyl groups is 1. The molecule has 0 bridgehead atoms. The number of methoxy groups -OCH3 is 1. The molecule has 4 heterocycles. The number of carbonyl (C=O) groups excluding carboxylic acids is 2. The second kappa shape index (κ2) is 17.6. The third kappa shape index (κ3) is 8.35. The van der Waals surface area contributed by atoms with Gasteiger partial charge in [-0.1, -0.05) is 96.2 Å². The predicted octanol–water partition coefficient (Wildman–Crippen LogP) is 7.70. The first kappa shape index (κ1) is 42.0. The first-order valence-electron chi connectivity index (χ1n) is 20.9. The first-order chi connectivity index (χ1) is 28.4. The van der Waals surface area contributed by atoms with E-state index in [1.165, 1.54) is 21.3 Å². The second-order valence-corrected chi connectivity index (χ2v) is 21.7. The quantitative estimate of drug-likeness (QED) is 0.0965. The molecule has 0 radical (unpaired) electrons. The fourth-order valence-corrected chi connectivity index (χ4v) is 13.4. The minimum Gasteiger partial charge on any atom is -0.497 e. The summed E-state index contributed by atoms with van der Waals surface area (Å²) in [5.41, 5.74) is 5.95. The summed E-state index contributed by atoms with van der Waals surface area (Å²) < 4.78 is 14.8. The van der Waals surface area contributed by atoms with Gasteiger partial charge in [0.05, 0.1) is 44.1 Å². The molecule has 0 unspecified atom stereocenters. The third-order valence-electron chi connectivity index (χ3n) is 12.5. The Balaban J connectivity index is 1.33. The molecule has 4 aromatic rings. The lowest BCUT2D eigenvalue weighted by atomic mass is 9.82. The van der Waals surface area contributed by atoms with Crippen LogP contribution in [-0.2, 0) is 32.9 Å². The maximum Gasteiger partial charge on any atom is 0.264 e. The number of hydrogen-bond acceptors (Lipinski definition) is 8. The summed E-state index contributed by atoms with van der Waals surface area (Å²) in [5.74, 6) is 0.394. The van der Waals surface area contributed by atoms with Gasteiger partial charge in [-0.05, 0) is 81.5 Å². The number of hydrazone groups is 1. The highest BCUT2D eigenvalue weighted by molar-refractivity contribution is 6.91. The highest BCUT2D eigenvalue weighted by atomic mass is 28.3. The van der Waals surface area contributed by atoms with Crippen molar-refractivity contribution in [2.45, 2.75) is 103 Å². The maximum atomic E-state index is 15.5. The monoisotopic (exact) mass is 814 g/mol. The lowest BCUT2D eigenvalue weighted by molar-refractivity contribution is -0.145. The third-order valence-corrected chi connectivity index (χ3v) is 16.9. The zero-order chi connectivity index (χ0) is 41.9. The number of hydrogen-bond donors (Lipinski definition) is 1. The molecule has 4 atom stereocenters. The fourth-order valence-electron chi connectivity index (χ4n) is 9.35. The van der Waals surface area contributed by atoms with Crippen molar-refractivity contribution in [3.8, 4) is 5.75 Å². The SMILES string of the molecule is COc1ccc([Si](C)(C)[C@H]2[C@H](CCn3cc(CCO)nn3)O[C@@]3(C(=O)N(C/C=C(\C)CCC=C(C)C)c4ccc(N5N=C(c6ccccc6)CCC5=O)cc43)[C@@H]2C)cc1. The van der Waals surface area contributed by atoms with Crippen LogP contribution in [0.1, 0.15) is 76.6 Å². The van der Waals surface area contributed by atoms with E-state index in [0.29, 0.717) is 44.5 Å². The van der Waals surface area contributed by atoms with Crippen LogP contribution >= 0.6 is 0 Å². The Morgan fingerprint density at radius 3 is 2.49 bits per heavy atom. The van der Waals surface area contributed by atoms with Gasteiger partial charge in [-0.2, -0.15) is 5.10 Å². The number of rotatable bonds is 15. The first-order valence-corrected chi connectivity index (χ1v) is 24.0. The van der Waals surface area contributed by atoms with Crippen molar-refractivity contribution in [2.75, 3.05) is 30.2 Å². The number of fused-ring (bicyclic) bond motifs is 2. The Kier molecular flexibility index (Phi) is 12.5. The fraction of sp³-hybridized carbons (Fsp3) is 0.426. The largest absolute Gasteiger partial charge is 0.497 e. The molecule has 0 aliphatic carbocycles. The number of carbonyl (C=O) groups is 2. The molecule has 3 aromatic carbocycles. The van der Waals surface area contributed by atoms with Crippen molar-refractivity contribution in [1.29, 1.82) is 0 Å². The Morgan fingerprint density at radius 2 is 1.78 bits per heavy atom. The van der Waals surface area contributed by atoms with Crippen molar-refractivity contribution in [3.05, 3.63) is 119 Å². The molecule has 0 saturated carbocycles. The molecule has 1 N–H and O–H groups in total. The van der Waals surface area contributed by atoms with Crippen molar-refractivity contribution < 1.29 is 24.2 Å². The molecule has 12 heteroatoms. The normalized spacial score (nSPS) is 21.9. The minimum atomic E-state index is -2.42. The van der Waals surface area contributed by atoms with Gasteiger partial charge in [0, 0.05) is 56.6 Å². The summed E-state index contributed by atoms with van der Waals surface area (Å²) in [6, 6.07) is 24.2. The standard InChI is InChI=1S/C47H58N6O5Si/c1-32(2)12-11-13-33(3)24-28-52-42-22-16-37(53-44(55)23-21-41(49-53)35-14-9-8-10-15-35)30-40(42)47(46(52)56)34(4)45(59(6,7)39-19-17-38(57-5)18-20-39)43(58-47)25-27-51-31-36(26-29-54)48-50-51/h8-10,12,14-20,22,24,30-31,34,43,45,54H,11,13,21,23,25-29H2,1-7H3/b33-24+/t34-,43+,45-,47+/m1/s1. The molecule has 11 nitrogen and oxygen atoms in total. The summed E-state index contributed by atoms with van der Waals surface area (Å²) >= 11 is 0. The maximum absolute atomic E-state index is 15.5. The number of aliphatic hydroxyl groups excluding tert-OH is 1. The van der Waals surface area contributed by atoms with Gasteiger partial charge in [-0.15, -0.1) is 5.10 Å². The number of anilines is 2. The van der Waals surface area contributed by atoms with E-state index in [1.807, 2.05) is 76.4 Å². The average Bonchev–Trinajstić information content (AvgIpc) is 3.88. The van der Waals surface area contributed by atoms with Crippen LogP contribution in [0.2, 0.25) is 18.6 Å². The summed E-state index contributed by atoms with van der Waals surface area (Å²) in [5, 5.41) is 25.8. The van der Waals surface area contributed by atoms with E-state index in [0.717, 1.165) is 46.8 Å². The van der Waals surface area contributed by atoms with Crippen LogP contribution in [0.3, 0.4) is 0 Å². The number of aryl methyl sites for hydroxylation is 1. The Bertz CT molecular complexity index is 2250. The van der Waals surface area contributed by atoms with Crippen molar-refractivity contribution >= 4 is 42.2 Å². The van der Waals surface area contributed by atoms with Crippen LogP contribution in [0.25, 0.3) is 0 Å². The molecular weight excluding hydrogens is 757 g/mol. The number of amides is 2. The van der Waals surface area contributed by atoms with Crippen LogP contribution in [0.4, 0.5) is 11.4 Å². The van der Waals surface area contributed by atoms with Gasteiger partial charge in [0.15, 0.2) is 5.60 Å². The smallest absolute Gasteiger partial charge is 0.264 e. The van der Waals surface area contributed by atoms with Crippen molar-refractivity contribution in [3.63, 3.8) is 0 Å². The topological polar surface area (TPSA) is 122 Å². The molecule has 1 spiro atoms. The summed E-state index contributed by atoms with van der Waals surface area (Å²) in [6.07, 6.45) is 9.76. The Morgan fingerprint density at radius 1 is 1.02 bits per heavy atom. The van der Waals surface area contributed by atoms with Gasteiger partial charge in [0.2, 0.25) is 5.91 Å². The number of ether oxygens (including phenoxy) is 2. The van der Waals surface area contributed by atoms with Gasteiger partial charge in [-0.3, -0.25) is 14.3 Å². The molecule has 7 rings (SSSR count). The zero-order valence-corrected chi connectivity index (χ0v) is 36.5. The Hall–Kier alpha value is -5.17. The van der Waals surface area contributed by atoms with E-state index in [9.17, 15) is 9.90 Å². The van der Waals surface area contributed by atoms with Gasteiger partial charge < -0.3 is 19.5 Å². The molecule has 3 aliphatic rings. The lowest BCUT2D eigenvalue weighted by Gasteiger charge is -2.37. The number of benzene rings is 3. The average molecular weight is 815 g/mol. The van der Waals surface area contributed by atoms with E-state index in [4.69, 9.17) is 14.6 Å². The number of nitrogens with zero attached hydrogens (tertiary/aromatic N) is 6. The molecule has 1 fully saturated rings. The van der Waals surface area contributed by atoms with Crippen LogP contribution in [0, 0.1) is 5.92 Å². The van der Waals surface area contributed by atoms with Gasteiger partial charge in [0.25, 0.3) is 5.91 Å². The predicted molar refractivity (Wildman–Crippen MR) is 236 cm³/mol. The van der Waals surface area contributed by atoms with Crippen LogP contribution in [0.15, 0.2) is 107 Å². The molecule has 59 heavy (non-hydrogen) atoms. The van der Waals surface area contributed by atoms with E-state index < -0.39 is 13.7 Å². The van der Waals surface area contributed by atoms with E-state index in [2.05, 4.69) is 75.4 Å². The lowest BCUT2D eigenvalue weighted by Crippen LogP contribution is -2.52. The van der Waals surface area contributed by atoms with E-state index in [-0.39, 0.29) is 36.0 Å². The molecule has 2 amide bonds. The van der Waals surface area contributed by atoms with Crippen molar-refractivity contribution in [1.82, 2.24) is 15.0 Å². The molecule has 3 aliphatic heterocycles. The molecule has 310 valence electrons. The van der Waals surface area contributed by atoms with Gasteiger partial charge in [0.1, 0.15) is 5.75 Å². The van der Waals surface area contributed by atoms with E-state index in [1.54, 1.807) is 7.11 Å². The second-order valence-electron chi connectivity index (χ2n) is 17.0. The minimum absolute atomic E-state index is 0.000272. The molecular formula is C47H58N6O5Si. The summed E-state index contributed by atoms with van der Waals surface area (Å²) in [7, 11) is -0.743. The highest BCUT2D eigenvalue weighted by Gasteiger charge is 2.66. The summed E-state index contributed by atoms with van der Waals surface area (Å²) in [6.45, 7) is 14.2. The summed E-state index contributed by atoms with van der Waals surface area (Å²) in [4.78, 5) is 31.0. The Labute approximate surface area is 349 Å². The highest BCUT2D eigenvalue weighted by Crippen LogP contribution is 2.60. The van der Waals surface area contributed by atoms with Gasteiger partial charge >= 0.3 is 0 Å². The zero-order valence-electron chi connectivity index (χ0n) is 35.5. The van der Waals surface area contributed by atoms with Crippen LogP contribution in [-0.4, -0.2) is 72.1 Å². The van der Waals surface area contributed by atoms with Crippen LogP contribution in [0.5, 0.6) is 5.75 Å². The van der Waals surface area contributed by atoms with E-state index >= 15 is 4.79 Å². The molecule has 1 saturated heterocycles. The van der Waals surface area contributed by atoms with Crippen LogP contribution < -0.4 is 19.8 Å². The van der Waals surface area contributed by atoms with Crippen molar-refractivity contribution in [2.24, 2.45) is 11.0 Å². The van der Waals surface area contributed by atoms with Gasteiger partial charge in [-0.25, -0.2) is 5.01 Å². The number of allylic oxidation sites excluding steroid dienone is 3.